The molecule has 1 aromatic rings. The van der Waals surface area contributed by atoms with E-state index in [2.05, 4.69) is 30.1 Å². The minimum Gasteiger partial charge on any atom is -0.505 e. The van der Waals surface area contributed by atoms with Gasteiger partial charge in [0.15, 0.2) is 11.6 Å². The third-order valence-electron chi connectivity index (χ3n) is 3.91. The molecular formula is C16H22FN3O. The zero-order valence-corrected chi connectivity index (χ0v) is 12.6. The predicted molar refractivity (Wildman–Crippen MR) is 79.4 cm³/mol. The van der Waals surface area contributed by atoms with Gasteiger partial charge >= 0.3 is 0 Å². The van der Waals surface area contributed by atoms with E-state index in [0.717, 1.165) is 38.7 Å². The van der Waals surface area contributed by atoms with Crippen LogP contribution in [0.5, 0.6) is 5.75 Å². The fraction of sp³-hybridized carbons (Fsp3) is 0.562. The lowest BCUT2D eigenvalue weighted by Gasteiger charge is -2.36. The lowest BCUT2D eigenvalue weighted by Crippen LogP contribution is -2.45. The lowest BCUT2D eigenvalue weighted by atomic mass is 9.91. The summed E-state index contributed by atoms with van der Waals surface area (Å²) < 4.78 is 13.8. The van der Waals surface area contributed by atoms with Gasteiger partial charge in [-0.25, -0.2) is 4.39 Å². The van der Waals surface area contributed by atoms with E-state index in [-0.39, 0.29) is 11.8 Å². The van der Waals surface area contributed by atoms with Crippen molar-refractivity contribution in [3.63, 3.8) is 0 Å². The molecule has 1 aliphatic rings. The Kier molecular flexibility index (Phi) is 5.16. The molecule has 2 rings (SSSR count). The number of rotatable bonds is 4. The van der Waals surface area contributed by atoms with Gasteiger partial charge in [0.05, 0.1) is 11.6 Å². The monoisotopic (exact) mass is 291 g/mol. The van der Waals surface area contributed by atoms with Gasteiger partial charge in [0.2, 0.25) is 0 Å². The van der Waals surface area contributed by atoms with Crippen LogP contribution in [0.4, 0.5) is 4.39 Å². The molecule has 1 fully saturated rings. The number of nitrogens with one attached hydrogen (secondary N) is 1. The topological polar surface area (TPSA) is 59.3 Å². The highest BCUT2D eigenvalue weighted by Crippen LogP contribution is 2.37. The van der Waals surface area contributed by atoms with Crippen LogP contribution in [0.15, 0.2) is 12.1 Å². The second-order valence-corrected chi connectivity index (χ2v) is 5.90. The molecule has 1 atom stereocenters. The number of phenols is 1. The molecule has 4 nitrogen and oxygen atoms in total. The van der Waals surface area contributed by atoms with Crippen molar-refractivity contribution < 1.29 is 9.50 Å². The van der Waals surface area contributed by atoms with E-state index in [9.17, 15) is 14.8 Å². The third-order valence-corrected chi connectivity index (χ3v) is 3.91. The molecule has 1 aromatic carbocycles. The Balaban J connectivity index is 2.45. The summed E-state index contributed by atoms with van der Waals surface area (Å²) in [6, 6.07) is 4.57. The first-order chi connectivity index (χ1) is 10.0. The Morgan fingerprint density at radius 2 is 2.05 bits per heavy atom. The van der Waals surface area contributed by atoms with Gasteiger partial charge in [-0.1, -0.05) is 13.8 Å². The molecule has 0 radical (unpaired) electrons. The number of hydrogen-bond acceptors (Lipinski definition) is 4. The number of aromatic hydroxyl groups is 1. The number of benzene rings is 1. The molecule has 1 aliphatic heterocycles. The Labute approximate surface area is 125 Å². The zero-order valence-electron chi connectivity index (χ0n) is 12.6. The second-order valence-electron chi connectivity index (χ2n) is 5.90. The van der Waals surface area contributed by atoms with Gasteiger partial charge in [0.1, 0.15) is 0 Å². The summed E-state index contributed by atoms with van der Waals surface area (Å²) >= 11 is 0. The molecule has 1 heterocycles. The zero-order chi connectivity index (χ0) is 15.4. The lowest BCUT2D eigenvalue weighted by molar-refractivity contribution is 0.151. The molecule has 0 unspecified atom stereocenters. The number of hydrogen-bond donors (Lipinski definition) is 2. The van der Waals surface area contributed by atoms with E-state index in [1.54, 1.807) is 0 Å². The molecule has 0 saturated carbocycles. The van der Waals surface area contributed by atoms with Gasteiger partial charge in [-0.05, 0) is 24.5 Å². The predicted octanol–water partition coefficient (Wildman–Crippen LogP) is 2.40. The van der Waals surface area contributed by atoms with Crippen molar-refractivity contribution in [1.82, 2.24) is 10.2 Å². The van der Waals surface area contributed by atoms with Gasteiger partial charge in [-0.2, -0.15) is 5.26 Å². The summed E-state index contributed by atoms with van der Waals surface area (Å²) in [4.78, 5) is 2.23. The summed E-state index contributed by atoms with van der Waals surface area (Å²) in [6.45, 7) is 7.59. The molecular weight excluding hydrogens is 269 g/mol. The third kappa shape index (κ3) is 3.52. The Bertz CT molecular complexity index is 533. The molecule has 5 heteroatoms. The van der Waals surface area contributed by atoms with Crippen LogP contribution < -0.4 is 5.32 Å². The first-order valence-corrected chi connectivity index (χ1v) is 7.40. The SMILES string of the molecule is CC(C)C[C@@H](c1c(C#N)ccc(F)c1O)N1CCNCC1. The van der Waals surface area contributed by atoms with E-state index in [1.165, 1.54) is 6.07 Å². The van der Waals surface area contributed by atoms with Gasteiger partial charge in [-0.15, -0.1) is 0 Å². The molecule has 0 aromatic heterocycles. The quantitative estimate of drug-likeness (QED) is 0.894. The highest BCUT2D eigenvalue weighted by Gasteiger charge is 2.28. The van der Waals surface area contributed by atoms with Crippen molar-refractivity contribution >= 4 is 0 Å². The number of halogens is 1. The van der Waals surface area contributed by atoms with Crippen molar-refractivity contribution in [2.24, 2.45) is 5.92 Å². The van der Waals surface area contributed by atoms with Gasteiger partial charge in [0, 0.05) is 37.8 Å². The van der Waals surface area contributed by atoms with Crippen LogP contribution >= 0.6 is 0 Å². The molecule has 114 valence electrons. The Hall–Kier alpha value is -1.64. The summed E-state index contributed by atoms with van der Waals surface area (Å²) in [7, 11) is 0. The number of piperazine rings is 1. The van der Waals surface area contributed by atoms with Gasteiger partial charge in [-0.3, -0.25) is 4.90 Å². The molecule has 0 aliphatic carbocycles. The average Bonchev–Trinajstić information content (AvgIpc) is 2.48. The number of nitrogens with zero attached hydrogens (tertiary/aromatic N) is 2. The minimum atomic E-state index is -0.659. The molecule has 0 amide bonds. The second kappa shape index (κ2) is 6.88. The average molecular weight is 291 g/mol. The first kappa shape index (κ1) is 15.7. The van der Waals surface area contributed by atoms with Crippen LogP contribution in [-0.4, -0.2) is 36.2 Å². The minimum absolute atomic E-state index is 0.127. The van der Waals surface area contributed by atoms with Gasteiger partial charge < -0.3 is 10.4 Å². The van der Waals surface area contributed by atoms with E-state index in [0.29, 0.717) is 17.0 Å². The maximum absolute atomic E-state index is 13.8. The van der Waals surface area contributed by atoms with E-state index in [4.69, 9.17) is 0 Å². The smallest absolute Gasteiger partial charge is 0.165 e. The normalized spacial score (nSPS) is 17.7. The maximum Gasteiger partial charge on any atom is 0.165 e. The van der Waals surface area contributed by atoms with Crippen LogP contribution in [0.25, 0.3) is 0 Å². The van der Waals surface area contributed by atoms with Crippen molar-refractivity contribution in [2.75, 3.05) is 26.2 Å². The van der Waals surface area contributed by atoms with Crippen LogP contribution in [0.2, 0.25) is 0 Å². The summed E-state index contributed by atoms with van der Waals surface area (Å²) in [6.07, 6.45) is 0.783. The van der Waals surface area contributed by atoms with Crippen molar-refractivity contribution in [3.05, 3.63) is 29.1 Å². The van der Waals surface area contributed by atoms with Crippen molar-refractivity contribution in [3.8, 4) is 11.8 Å². The van der Waals surface area contributed by atoms with Crippen LogP contribution in [0.3, 0.4) is 0 Å². The first-order valence-electron chi connectivity index (χ1n) is 7.40. The Morgan fingerprint density at radius 1 is 1.38 bits per heavy atom. The van der Waals surface area contributed by atoms with Crippen LogP contribution in [0.1, 0.15) is 37.4 Å². The molecule has 1 saturated heterocycles. The molecule has 0 bridgehead atoms. The molecule has 0 spiro atoms. The standard InChI is InChI=1S/C16H22FN3O/c1-11(2)9-14(20-7-5-19-6-8-20)15-12(10-18)3-4-13(17)16(15)21/h3-4,11,14,19,21H,5-9H2,1-2H3/t14-/m0/s1. The highest BCUT2D eigenvalue weighted by atomic mass is 19.1. The van der Waals surface area contributed by atoms with E-state index < -0.39 is 5.82 Å². The fourth-order valence-electron chi connectivity index (χ4n) is 2.91. The number of nitriles is 1. The maximum atomic E-state index is 13.8. The highest BCUT2D eigenvalue weighted by molar-refractivity contribution is 5.48. The van der Waals surface area contributed by atoms with Crippen LogP contribution in [0, 0.1) is 23.1 Å². The van der Waals surface area contributed by atoms with Crippen molar-refractivity contribution in [2.45, 2.75) is 26.3 Å². The molecule has 21 heavy (non-hydrogen) atoms. The Morgan fingerprint density at radius 3 is 2.62 bits per heavy atom. The summed E-state index contributed by atoms with van der Waals surface area (Å²) in [5.74, 6) is -0.648. The molecule has 2 N–H and O–H groups in total. The van der Waals surface area contributed by atoms with Crippen molar-refractivity contribution in [1.29, 1.82) is 5.26 Å². The summed E-state index contributed by atoms with van der Waals surface area (Å²) in [5.41, 5.74) is 0.797. The van der Waals surface area contributed by atoms with E-state index >= 15 is 0 Å². The number of phenolic OH excluding ortho intramolecular Hbond substituents is 1. The fourth-order valence-corrected chi connectivity index (χ4v) is 2.91. The van der Waals surface area contributed by atoms with E-state index in [1.807, 2.05) is 0 Å². The van der Waals surface area contributed by atoms with Gasteiger partial charge in [0.25, 0.3) is 0 Å². The van der Waals surface area contributed by atoms with Crippen LogP contribution in [-0.2, 0) is 0 Å². The largest absolute Gasteiger partial charge is 0.505 e. The summed E-state index contributed by atoms with van der Waals surface area (Å²) in [5, 5.41) is 22.7.